The van der Waals surface area contributed by atoms with E-state index in [0.29, 0.717) is 6.61 Å². The molecule has 0 radical (unpaired) electrons. The van der Waals surface area contributed by atoms with Crippen LogP contribution in [0.3, 0.4) is 0 Å². The van der Waals surface area contributed by atoms with Crippen molar-refractivity contribution in [3.05, 3.63) is 77.3 Å². The van der Waals surface area contributed by atoms with Gasteiger partial charge in [-0.3, -0.25) is 0 Å². The molecule has 0 saturated carbocycles. The highest BCUT2D eigenvalue weighted by atomic mass is 32.2. The Hall–Kier alpha value is -1.71. The lowest BCUT2D eigenvalue weighted by molar-refractivity contribution is 0.124. The van der Waals surface area contributed by atoms with Gasteiger partial charge in [-0.1, -0.05) is 60.3 Å². The van der Waals surface area contributed by atoms with Gasteiger partial charge in [0, 0.05) is 36.5 Å². The minimum absolute atomic E-state index is 0.673. The first-order valence-electron chi connectivity index (χ1n) is 7.46. The Bertz CT molecular complexity index is 567. The van der Waals surface area contributed by atoms with E-state index in [4.69, 9.17) is 4.74 Å². The van der Waals surface area contributed by atoms with E-state index in [1.54, 1.807) is 11.8 Å². The van der Waals surface area contributed by atoms with Gasteiger partial charge >= 0.3 is 0 Å². The second-order valence-corrected chi connectivity index (χ2v) is 6.46. The Morgan fingerprint density at radius 3 is 2.27 bits per heavy atom. The van der Waals surface area contributed by atoms with E-state index in [0.717, 1.165) is 13.0 Å². The predicted octanol–water partition coefficient (Wildman–Crippen LogP) is 4.79. The molecular weight excluding hydrogens is 290 g/mol. The Balaban J connectivity index is 1.83. The van der Waals surface area contributed by atoms with Crippen molar-refractivity contribution in [1.82, 2.24) is 4.90 Å². The Morgan fingerprint density at radius 1 is 1.00 bits per heavy atom. The molecule has 2 aromatic carbocycles. The zero-order valence-corrected chi connectivity index (χ0v) is 14.1. The summed E-state index contributed by atoms with van der Waals surface area (Å²) in [6.45, 7) is 1.40. The van der Waals surface area contributed by atoms with Crippen LogP contribution in [0, 0.1) is 0 Å². The van der Waals surface area contributed by atoms with Crippen LogP contribution in [0.2, 0.25) is 0 Å². The molecule has 2 nitrogen and oxygen atoms in total. The summed E-state index contributed by atoms with van der Waals surface area (Å²) in [5, 5.41) is 0. The third-order valence-electron chi connectivity index (χ3n) is 3.00. The smallest absolute Gasteiger partial charge is 0.0717 e. The molecule has 3 heteroatoms. The van der Waals surface area contributed by atoms with Crippen LogP contribution < -0.4 is 0 Å². The highest BCUT2D eigenvalue weighted by molar-refractivity contribution is 8.03. The normalized spacial score (nSPS) is 11.5. The average molecular weight is 313 g/mol. The maximum atomic E-state index is 5.80. The molecule has 22 heavy (non-hydrogen) atoms. The summed E-state index contributed by atoms with van der Waals surface area (Å²) >= 11 is 1.80. The number of hydrogen-bond acceptors (Lipinski definition) is 3. The number of benzene rings is 2. The molecule has 0 heterocycles. The lowest BCUT2D eigenvalue weighted by Crippen LogP contribution is -2.04. The molecule has 0 atom stereocenters. The van der Waals surface area contributed by atoms with E-state index in [1.807, 2.05) is 24.3 Å². The van der Waals surface area contributed by atoms with Crippen molar-refractivity contribution in [3.8, 4) is 0 Å². The van der Waals surface area contributed by atoms with Crippen LogP contribution >= 0.6 is 11.8 Å². The van der Waals surface area contributed by atoms with Gasteiger partial charge in [0.25, 0.3) is 0 Å². The SMILES string of the molecule is CN(C)C=C(CCOCc1ccccc1)Sc1ccccc1. The summed E-state index contributed by atoms with van der Waals surface area (Å²) in [5.41, 5.74) is 1.22. The summed E-state index contributed by atoms with van der Waals surface area (Å²) in [7, 11) is 4.10. The van der Waals surface area contributed by atoms with E-state index in [9.17, 15) is 0 Å². The molecule has 0 fully saturated rings. The highest BCUT2D eigenvalue weighted by Crippen LogP contribution is 2.28. The maximum absolute atomic E-state index is 5.80. The van der Waals surface area contributed by atoms with Crippen LogP contribution in [0.1, 0.15) is 12.0 Å². The summed E-state index contributed by atoms with van der Waals surface area (Å²) < 4.78 is 5.80. The summed E-state index contributed by atoms with van der Waals surface area (Å²) in [6.07, 6.45) is 3.09. The monoisotopic (exact) mass is 313 g/mol. The minimum Gasteiger partial charge on any atom is -0.383 e. The molecule has 0 saturated heterocycles. The molecular formula is C19H23NOS. The fourth-order valence-electron chi connectivity index (χ4n) is 2.01. The first kappa shape index (κ1) is 16.7. The fourth-order valence-corrected chi connectivity index (χ4v) is 3.05. The lowest BCUT2D eigenvalue weighted by atomic mass is 10.2. The second kappa shape index (κ2) is 9.34. The van der Waals surface area contributed by atoms with E-state index in [1.165, 1.54) is 15.4 Å². The maximum Gasteiger partial charge on any atom is 0.0717 e. The molecule has 0 aliphatic rings. The van der Waals surface area contributed by atoms with Gasteiger partial charge in [-0.05, 0) is 17.7 Å². The van der Waals surface area contributed by atoms with Crippen molar-refractivity contribution in [2.45, 2.75) is 17.9 Å². The Kier molecular flexibility index (Phi) is 7.07. The van der Waals surface area contributed by atoms with Crippen LogP contribution in [0.15, 0.2) is 76.7 Å². The van der Waals surface area contributed by atoms with Gasteiger partial charge in [-0.2, -0.15) is 0 Å². The summed E-state index contributed by atoms with van der Waals surface area (Å²) in [4.78, 5) is 4.66. The molecule has 0 spiro atoms. The molecule has 2 rings (SSSR count). The van der Waals surface area contributed by atoms with Gasteiger partial charge in [0.15, 0.2) is 0 Å². The highest BCUT2D eigenvalue weighted by Gasteiger charge is 2.02. The topological polar surface area (TPSA) is 12.5 Å². The van der Waals surface area contributed by atoms with Crippen LogP contribution in [-0.4, -0.2) is 25.6 Å². The zero-order valence-electron chi connectivity index (χ0n) is 13.2. The van der Waals surface area contributed by atoms with Crippen LogP contribution in [0.4, 0.5) is 0 Å². The average Bonchev–Trinajstić information content (AvgIpc) is 2.53. The third kappa shape index (κ3) is 6.37. The number of hydrogen-bond donors (Lipinski definition) is 0. The second-order valence-electron chi connectivity index (χ2n) is 5.26. The Morgan fingerprint density at radius 2 is 1.64 bits per heavy atom. The molecule has 2 aromatic rings. The molecule has 0 aromatic heterocycles. The van der Waals surface area contributed by atoms with Crippen LogP contribution in [0.5, 0.6) is 0 Å². The molecule has 0 N–H and O–H groups in total. The quantitative estimate of drug-likeness (QED) is 0.513. The van der Waals surface area contributed by atoms with Crippen molar-refractivity contribution in [2.75, 3.05) is 20.7 Å². The first-order valence-corrected chi connectivity index (χ1v) is 8.27. The molecule has 0 amide bonds. The number of thioether (sulfide) groups is 1. The molecule has 0 unspecified atom stereocenters. The summed E-state index contributed by atoms with van der Waals surface area (Å²) in [5.74, 6) is 0. The predicted molar refractivity (Wildman–Crippen MR) is 94.8 cm³/mol. The first-order chi connectivity index (χ1) is 10.7. The summed E-state index contributed by atoms with van der Waals surface area (Å²) in [6, 6.07) is 20.8. The Labute approximate surface area is 137 Å². The standard InChI is InChI=1S/C19H23NOS/c1-20(2)15-19(22-18-11-7-4-8-12-18)13-14-21-16-17-9-5-3-6-10-17/h3-12,15H,13-14,16H2,1-2H3. The number of ether oxygens (including phenoxy) is 1. The van der Waals surface area contributed by atoms with Crippen molar-refractivity contribution in [1.29, 1.82) is 0 Å². The van der Waals surface area contributed by atoms with E-state index < -0.39 is 0 Å². The van der Waals surface area contributed by atoms with Gasteiger partial charge < -0.3 is 9.64 Å². The van der Waals surface area contributed by atoms with Crippen molar-refractivity contribution in [2.24, 2.45) is 0 Å². The van der Waals surface area contributed by atoms with E-state index >= 15 is 0 Å². The molecule has 116 valence electrons. The van der Waals surface area contributed by atoms with Crippen molar-refractivity contribution >= 4 is 11.8 Å². The fraction of sp³-hybridized carbons (Fsp3) is 0.263. The van der Waals surface area contributed by atoms with Gasteiger partial charge in [-0.15, -0.1) is 0 Å². The number of nitrogens with zero attached hydrogens (tertiary/aromatic N) is 1. The lowest BCUT2D eigenvalue weighted by Gasteiger charge is -2.12. The van der Waals surface area contributed by atoms with Crippen LogP contribution in [0.25, 0.3) is 0 Å². The zero-order chi connectivity index (χ0) is 15.6. The van der Waals surface area contributed by atoms with Crippen LogP contribution in [-0.2, 0) is 11.3 Å². The molecule has 0 aliphatic heterocycles. The minimum atomic E-state index is 0.673. The van der Waals surface area contributed by atoms with Crippen molar-refractivity contribution < 1.29 is 4.74 Å². The van der Waals surface area contributed by atoms with Gasteiger partial charge in [0.05, 0.1) is 13.2 Å². The van der Waals surface area contributed by atoms with Gasteiger partial charge in [-0.25, -0.2) is 0 Å². The van der Waals surface area contributed by atoms with Gasteiger partial charge in [0.1, 0.15) is 0 Å². The third-order valence-corrected chi connectivity index (χ3v) is 4.08. The molecule has 0 bridgehead atoms. The van der Waals surface area contributed by atoms with E-state index in [-0.39, 0.29) is 0 Å². The van der Waals surface area contributed by atoms with Crippen molar-refractivity contribution in [3.63, 3.8) is 0 Å². The number of rotatable bonds is 8. The van der Waals surface area contributed by atoms with Gasteiger partial charge in [0.2, 0.25) is 0 Å². The molecule has 0 aliphatic carbocycles. The van der Waals surface area contributed by atoms with E-state index in [2.05, 4.69) is 61.6 Å². The largest absolute Gasteiger partial charge is 0.383 e.